The van der Waals surface area contributed by atoms with E-state index < -0.39 is 11.9 Å². The molecule has 2 saturated heterocycles. The second-order valence-corrected chi connectivity index (χ2v) is 5.15. The third kappa shape index (κ3) is 3.69. The molecule has 2 heterocycles. The predicted octanol–water partition coefficient (Wildman–Crippen LogP) is -0.299. The second kappa shape index (κ2) is 6.69. The molecule has 1 N–H and O–H groups in total. The van der Waals surface area contributed by atoms with Crippen LogP contribution in [0.1, 0.15) is 25.7 Å². The van der Waals surface area contributed by atoms with Crippen molar-refractivity contribution in [3.05, 3.63) is 0 Å². The summed E-state index contributed by atoms with van der Waals surface area (Å²) >= 11 is 0. The first kappa shape index (κ1) is 14.8. The molecule has 1 atom stereocenters. The van der Waals surface area contributed by atoms with Gasteiger partial charge >= 0.3 is 11.9 Å². The zero-order valence-electron chi connectivity index (χ0n) is 11.4. The van der Waals surface area contributed by atoms with Crippen molar-refractivity contribution < 1.29 is 24.2 Å². The third-order valence-electron chi connectivity index (χ3n) is 3.81. The summed E-state index contributed by atoms with van der Waals surface area (Å²) < 4.78 is 5.48. The first-order valence-corrected chi connectivity index (χ1v) is 6.99. The Balaban J connectivity index is 1.71. The van der Waals surface area contributed by atoms with Gasteiger partial charge in [0, 0.05) is 39.2 Å². The standard InChI is InChI=1S/C13H20N2O5/c16-11(4-3-10-2-1-9-20-10)14-5-7-15(8-6-14)12(17)13(18)19/h10H,1-9H2,(H,18,19). The van der Waals surface area contributed by atoms with Gasteiger partial charge in [-0.05, 0) is 19.3 Å². The van der Waals surface area contributed by atoms with E-state index in [1.165, 1.54) is 4.90 Å². The second-order valence-electron chi connectivity index (χ2n) is 5.15. The van der Waals surface area contributed by atoms with Gasteiger partial charge in [-0.15, -0.1) is 0 Å². The summed E-state index contributed by atoms with van der Waals surface area (Å²) in [6.45, 7) is 2.18. The van der Waals surface area contributed by atoms with Crippen LogP contribution in [0.4, 0.5) is 0 Å². The molecule has 7 nitrogen and oxygen atoms in total. The van der Waals surface area contributed by atoms with Crippen LogP contribution in [-0.4, -0.2) is 71.6 Å². The topological polar surface area (TPSA) is 87.2 Å². The molecule has 0 spiro atoms. The summed E-state index contributed by atoms with van der Waals surface area (Å²) in [5.74, 6) is -2.28. The number of ether oxygens (including phenoxy) is 1. The van der Waals surface area contributed by atoms with Crippen LogP contribution in [0, 0.1) is 0 Å². The fraction of sp³-hybridized carbons (Fsp3) is 0.769. The molecule has 2 rings (SSSR count). The van der Waals surface area contributed by atoms with Gasteiger partial charge in [0.25, 0.3) is 0 Å². The van der Waals surface area contributed by atoms with Gasteiger partial charge in [-0.2, -0.15) is 0 Å². The molecule has 0 bridgehead atoms. The average molecular weight is 284 g/mol. The summed E-state index contributed by atoms with van der Waals surface area (Å²) in [5, 5.41) is 8.63. The largest absolute Gasteiger partial charge is 0.474 e. The Hall–Kier alpha value is -1.63. The summed E-state index contributed by atoms with van der Waals surface area (Å²) in [7, 11) is 0. The molecule has 2 fully saturated rings. The normalized spacial score (nSPS) is 22.9. The number of carboxylic acid groups (broad SMARTS) is 1. The van der Waals surface area contributed by atoms with Crippen molar-refractivity contribution >= 4 is 17.8 Å². The van der Waals surface area contributed by atoms with Gasteiger partial charge in [0.05, 0.1) is 6.10 Å². The van der Waals surface area contributed by atoms with E-state index >= 15 is 0 Å². The van der Waals surface area contributed by atoms with Crippen molar-refractivity contribution in [2.45, 2.75) is 31.8 Å². The average Bonchev–Trinajstić information content (AvgIpc) is 2.97. The molecular formula is C13H20N2O5. The zero-order valence-corrected chi connectivity index (χ0v) is 11.4. The molecule has 112 valence electrons. The van der Waals surface area contributed by atoms with Gasteiger partial charge in [0.2, 0.25) is 5.91 Å². The van der Waals surface area contributed by atoms with Crippen molar-refractivity contribution in [3.8, 4) is 0 Å². The number of rotatable bonds is 3. The van der Waals surface area contributed by atoms with Gasteiger partial charge in [-0.3, -0.25) is 9.59 Å². The van der Waals surface area contributed by atoms with Gasteiger partial charge < -0.3 is 19.6 Å². The van der Waals surface area contributed by atoms with E-state index in [2.05, 4.69) is 0 Å². The van der Waals surface area contributed by atoms with Crippen LogP contribution in [0.15, 0.2) is 0 Å². The van der Waals surface area contributed by atoms with Crippen LogP contribution in [0.3, 0.4) is 0 Å². The van der Waals surface area contributed by atoms with Crippen LogP contribution in [0.5, 0.6) is 0 Å². The Morgan fingerprint density at radius 2 is 1.75 bits per heavy atom. The first-order chi connectivity index (χ1) is 9.58. The molecule has 0 aliphatic carbocycles. The maximum atomic E-state index is 12.0. The Kier molecular flexibility index (Phi) is 4.94. The number of carbonyl (C=O) groups is 3. The minimum Gasteiger partial charge on any atom is -0.474 e. The maximum absolute atomic E-state index is 12.0. The molecule has 20 heavy (non-hydrogen) atoms. The van der Waals surface area contributed by atoms with Crippen LogP contribution < -0.4 is 0 Å². The quantitative estimate of drug-likeness (QED) is 0.719. The van der Waals surface area contributed by atoms with E-state index in [0.717, 1.165) is 25.9 Å². The molecule has 2 amide bonds. The van der Waals surface area contributed by atoms with Crippen molar-refractivity contribution in [1.29, 1.82) is 0 Å². The number of amides is 2. The van der Waals surface area contributed by atoms with Crippen molar-refractivity contribution in [2.24, 2.45) is 0 Å². The van der Waals surface area contributed by atoms with Crippen molar-refractivity contribution in [2.75, 3.05) is 32.8 Å². The highest BCUT2D eigenvalue weighted by Gasteiger charge is 2.27. The SMILES string of the molecule is O=C(O)C(=O)N1CCN(C(=O)CCC2CCCO2)CC1. The van der Waals surface area contributed by atoms with Crippen LogP contribution in [-0.2, 0) is 19.1 Å². The molecule has 0 aromatic heterocycles. The number of piperazine rings is 1. The van der Waals surface area contributed by atoms with E-state index in [4.69, 9.17) is 9.84 Å². The van der Waals surface area contributed by atoms with Crippen LogP contribution in [0.2, 0.25) is 0 Å². The lowest BCUT2D eigenvalue weighted by molar-refractivity contribution is -0.157. The first-order valence-electron chi connectivity index (χ1n) is 6.99. The highest BCUT2D eigenvalue weighted by molar-refractivity contribution is 6.31. The fourth-order valence-corrected chi connectivity index (χ4v) is 2.61. The van der Waals surface area contributed by atoms with E-state index in [1.807, 2.05) is 0 Å². The van der Waals surface area contributed by atoms with E-state index in [0.29, 0.717) is 19.5 Å². The lowest BCUT2D eigenvalue weighted by Crippen LogP contribution is -2.52. The number of aliphatic carboxylic acids is 1. The molecule has 1 unspecified atom stereocenters. The zero-order chi connectivity index (χ0) is 14.5. The summed E-state index contributed by atoms with van der Waals surface area (Å²) in [4.78, 5) is 36.8. The molecule has 7 heteroatoms. The lowest BCUT2D eigenvalue weighted by Gasteiger charge is -2.34. The number of hydrogen-bond acceptors (Lipinski definition) is 4. The van der Waals surface area contributed by atoms with E-state index in [9.17, 15) is 14.4 Å². The van der Waals surface area contributed by atoms with Crippen LogP contribution in [0.25, 0.3) is 0 Å². The maximum Gasteiger partial charge on any atom is 0.394 e. The molecule has 2 aliphatic heterocycles. The Bertz CT molecular complexity index is 384. The minimum absolute atomic E-state index is 0.0583. The number of carboxylic acids is 1. The predicted molar refractivity (Wildman–Crippen MR) is 69.0 cm³/mol. The van der Waals surface area contributed by atoms with E-state index in [-0.39, 0.29) is 25.1 Å². The Morgan fingerprint density at radius 1 is 1.10 bits per heavy atom. The molecule has 0 aromatic rings. The Morgan fingerprint density at radius 3 is 2.30 bits per heavy atom. The van der Waals surface area contributed by atoms with Crippen molar-refractivity contribution in [1.82, 2.24) is 9.80 Å². The third-order valence-corrected chi connectivity index (χ3v) is 3.81. The molecular weight excluding hydrogens is 264 g/mol. The molecule has 0 saturated carbocycles. The van der Waals surface area contributed by atoms with Gasteiger partial charge in [0.15, 0.2) is 0 Å². The van der Waals surface area contributed by atoms with Gasteiger partial charge in [-0.25, -0.2) is 4.79 Å². The highest BCUT2D eigenvalue weighted by atomic mass is 16.5. The summed E-state index contributed by atoms with van der Waals surface area (Å²) in [6, 6.07) is 0. The smallest absolute Gasteiger partial charge is 0.394 e. The highest BCUT2D eigenvalue weighted by Crippen LogP contribution is 2.17. The molecule has 2 aliphatic rings. The van der Waals surface area contributed by atoms with E-state index in [1.54, 1.807) is 4.90 Å². The summed E-state index contributed by atoms with van der Waals surface area (Å²) in [5.41, 5.74) is 0. The lowest BCUT2D eigenvalue weighted by atomic mass is 10.1. The fourth-order valence-electron chi connectivity index (χ4n) is 2.61. The molecule has 0 aromatic carbocycles. The van der Waals surface area contributed by atoms with Gasteiger partial charge in [0.1, 0.15) is 0 Å². The Labute approximate surface area is 117 Å². The monoisotopic (exact) mass is 284 g/mol. The molecule has 0 radical (unpaired) electrons. The minimum atomic E-state index is -1.44. The van der Waals surface area contributed by atoms with Crippen molar-refractivity contribution in [3.63, 3.8) is 0 Å². The number of hydrogen-bond donors (Lipinski definition) is 1. The number of carbonyl (C=O) groups excluding carboxylic acids is 2. The van der Waals surface area contributed by atoms with Gasteiger partial charge in [-0.1, -0.05) is 0 Å². The summed E-state index contributed by atoms with van der Waals surface area (Å²) in [6.07, 6.45) is 3.49. The number of nitrogens with zero attached hydrogens (tertiary/aromatic N) is 2. The van der Waals surface area contributed by atoms with Crippen LogP contribution >= 0.6 is 0 Å².